The Kier molecular flexibility index (Phi) is 7.51. The Morgan fingerprint density at radius 1 is 1.12 bits per heavy atom. The molecule has 2 N–H and O–H groups in total. The Bertz CT molecular complexity index is 725. The Balaban J connectivity index is 2.52. The van der Waals surface area contributed by atoms with Crippen molar-refractivity contribution in [1.82, 2.24) is 4.72 Å². The van der Waals surface area contributed by atoms with Crippen molar-refractivity contribution in [3.63, 3.8) is 0 Å². The van der Waals surface area contributed by atoms with Crippen molar-refractivity contribution in [2.24, 2.45) is 0 Å². The maximum absolute atomic E-state index is 13.4. The number of hydrogen-bond acceptors (Lipinski definition) is 3. The number of halogens is 5. The number of carbonyl (C=O) groups is 1. The van der Waals surface area contributed by atoms with Gasteiger partial charge < -0.3 is 5.32 Å². The van der Waals surface area contributed by atoms with Crippen LogP contribution in [0.4, 0.5) is 27.6 Å². The van der Waals surface area contributed by atoms with Crippen LogP contribution in [0.15, 0.2) is 12.1 Å². The number of unbranched alkanes of at least 4 members (excludes halogenated alkanes) is 1. The zero-order valence-corrected chi connectivity index (χ0v) is 14.9. The van der Waals surface area contributed by atoms with Crippen LogP contribution in [0.3, 0.4) is 0 Å². The van der Waals surface area contributed by atoms with Crippen molar-refractivity contribution in [3.05, 3.63) is 29.3 Å². The molecule has 11 heteroatoms. The average molecular weight is 402 g/mol. The molecule has 5 nitrogen and oxygen atoms in total. The number of benzene rings is 1. The quantitative estimate of drug-likeness (QED) is 0.517. The topological polar surface area (TPSA) is 75.3 Å². The smallest absolute Gasteiger partial charge is 0.326 e. The van der Waals surface area contributed by atoms with Gasteiger partial charge in [-0.3, -0.25) is 4.79 Å². The second-order valence-electron chi connectivity index (χ2n) is 5.81. The summed E-state index contributed by atoms with van der Waals surface area (Å²) in [6.45, 7) is 3.15. The first-order valence-electron chi connectivity index (χ1n) is 7.69. The van der Waals surface area contributed by atoms with Gasteiger partial charge in [0.2, 0.25) is 15.9 Å². The Hall–Kier alpha value is -1.75. The fourth-order valence-corrected chi connectivity index (χ4v) is 2.69. The van der Waals surface area contributed by atoms with Crippen LogP contribution in [0.5, 0.6) is 0 Å². The van der Waals surface area contributed by atoms with Gasteiger partial charge in [-0.15, -0.1) is 0 Å². The molecule has 1 aromatic rings. The first-order chi connectivity index (χ1) is 11.8. The summed E-state index contributed by atoms with van der Waals surface area (Å²) >= 11 is 0. The van der Waals surface area contributed by atoms with E-state index in [-0.39, 0.29) is 19.4 Å². The molecular weight excluding hydrogens is 383 g/mol. The number of hydrogen-bond donors (Lipinski definition) is 2. The highest BCUT2D eigenvalue weighted by Crippen LogP contribution is 2.34. The minimum Gasteiger partial charge on any atom is -0.326 e. The fraction of sp³-hybridized carbons (Fsp3) is 0.533. The standard InChI is InChI=1S/C15H19F5N2O3S/c1-9(2)26(24,25)21-6-4-3-5-13(23)22-10-7-11(16)14(12(17)8-10)15(18,19)20/h7-9,21H,3-6H2,1-2H3,(H,22,23). The number of anilines is 1. The van der Waals surface area contributed by atoms with Gasteiger partial charge in [0.05, 0.1) is 5.25 Å². The van der Waals surface area contributed by atoms with Gasteiger partial charge in [-0.05, 0) is 38.8 Å². The van der Waals surface area contributed by atoms with Gasteiger partial charge in [-0.2, -0.15) is 13.2 Å². The number of carbonyl (C=O) groups excluding carboxylic acids is 1. The van der Waals surface area contributed by atoms with Crippen LogP contribution >= 0.6 is 0 Å². The van der Waals surface area contributed by atoms with Crippen molar-refractivity contribution in [1.29, 1.82) is 0 Å². The molecule has 0 aliphatic rings. The molecule has 0 aromatic heterocycles. The predicted octanol–water partition coefficient (Wildman–Crippen LogP) is 3.42. The van der Waals surface area contributed by atoms with Crippen LogP contribution in [0.25, 0.3) is 0 Å². The number of amides is 1. The molecule has 0 aliphatic heterocycles. The van der Waals surface area contributed by atoms with Crippen LogP contribution in [-0.4, -0.2) is 26.1 Å². The maximum Gasteiger partial charge on any atom is 0.422 e. The van der Waals surface area contributed by atoms with Crippen LogP contribution in [0, 0.1) is 11.6 Å². The lowest BCUT2D eigenvalue weighted by Gasteiger charge is -2.12. The molecule has 148 valence electrons. The summed E-state index contributed by atoms with van der Waals surface area (Å²) in [7, 11) is -3.40. The van der Waals surface area contributed by atoms with Gasteiger partial charge in [0.15, 0.2) is 0 Å². The van der Waals surface area contributed by atoms with Crippen LogP contribution < -0.4 is 10.0 Å². The van der Waals surface area contributed by atoms with E-state index in [0.29, 0.717) is 18.6 Å². The Morgan fingerprint density at radius 3 is 2.12 bits per heavy atom. The predicted molar refractivity (Wildman–Crippen MR) is 85.9 cm³/mol. The largest absolute Gasteiger partial charge is 0.422 e. The van der Waals surface area contributed by atoms with E-state index >= 15 is 0 Å². The lowest BCUT2D eigenvalue weighted by molar-refractivity contribution is -0.142. The Labute approximate surface area is 148 Å². The summed E-state index contributed by atoms with van der Waals surface area (Å²) < 4.78 is 89.5. The molecule has 1 aromatic carbocycles. The van der Waals surface area contributed by atoms with Crippen molar-refractivity contribution >= 4 is 21.6 Å². The minimum atomic E-state index is -5.18. The SMILES string of the molecule is CC(C)S(=O)(=O)NCCCCC(=O)Nc1cc(F)c(C(F)(F)F)c(F)c1. The van der Waals surface area contributed by atoms with Crippen molar-refractivity contribution in [2.45, 2.75) is 44.5 Å². The summed E-state index contributed by atoms with van der Waals surface area (Å²) in [6, 6.07) is 0.779. The van der Waals surface area contributed by atoms with Crippen molar-refractivity contribution < 1.29 is 35.2 Å². The van der Waals surface area contributed by atoms with Gasteiger partial charge in [-0.25, -0.2) is 21.9 Å². The second-order valence-corrected chi connectivity index (χ2v) is 8.13. The molecule has 1 amide bonds. The highest BCUT2D eigenvalue weighted by Gasteiger charge is 2.38. The summed E-state index contributed by atoms with van der Waals surface area (Å²) in [5.41, 5.74) is -2.45. The van der Waals surface area contributed by atoms with E-state index < -0.39 is 50.2 Å². The Morgan fingerprint density at radius 2 is 1.65 bits per heavy atom. The third-order valence-corrected chi connectivity index (χ3v) is 5.21. The van der Waals surface area contributed by atoms with Crippen molar-refractivity contribution in [3.8, 4) is 0 Å². The number of sulfonamides is 1. The molecule has 0 spiro atoms. The van der Waals surface area contributed by atoms with Gasteiger partial charge in [0, 0.05) is 18.7 Å². The number of rotatable bonds is 8. The normalized spacial score (nSPS) is 12.5. The molecule has 0 aliphatic carbocycles. The molecule has 0 fully saturated rings. The van der Waals surface area contributed by atoms with Gasteiger partial charge in [0.1, 0.15) is 17.2 Å². The van der Waals surface area contributed by atoms with Crippen LogP contribution in [-0.2, 0) is 21.0 Å². The average Bonchev–Trinajstić information content (AvgIpc) is 2.44. The van der Waals surface area contributed by atoms with E-state index in [0.717, 1.165) is 0 Å². The first kappa shape index (κ1) is 22.3. The highest BCUT2D eigenvalue weighted by atomic mass is 32.2. The van der Waals surface area contributed by atoms with E-state index in [4.69, 9.17) is 0 Å². The highest BCUT2D eigenvalue weighted by molar-refractivity contribution is 7.90. The van der Waals surface area contributed by atoms with Gasteiger partial charge in [-0.1, -0.05) is 0 Å². The fourth-order valence-electron chi connectivity index (χ4n) is 1.93. The third kappa shape index (κ3) is 6.52. The molecule has 0 radical (unpaired) electrons. The zero-order valence-electron chi connectivity index (χ0n) is 14.1. The molecule has 26 heavy (non-hydrogen) atoms. The van der Waals surface area contributed by atoms with Gasteiger partial charge >= 0.3 is 6.18 Å². The number of nitrogens with one attached hydrogen (secondary N) is 2. The number of alkyl halides is 3. The van der Waals surface area contributed by atoms with E-state index in [9.17, 15) is 35.2 Å². The van der Waals surface area contributed by atoms with Crippen LogP contribution in [0.2, 0.25) is 0 Å². The molecule has 0 saturated heterocycles. The summed E-state index contributed by atoms with van der Waals surface area (Å²) in [4.78, 5) is 11.7. The zero-order chi connectivity index (χ0) is 20.1. The minimum absolute atomic E-state index is 0.0896. The van der Waals surface area contributed by atoms with Crippen LogP contribution in [0.1, 0.15) is 38.7 Å². The third-order valence-electron chi connectivity index (χ3n) is 3.36. The van der Waals surface area contributed by atoms with E-state index in [1.54, 1.807) is 0 Å². The summed E-state index contributed by atoms with van der Waals surface area (Å²) in [5, 5.41) is 1.51. The van der Waals surface area contributed by atoms with Gasteiger partial charge in [0.25, 0.3) is 0 Å². The summed E-state index contributed by atoms with van der Waals surface area (Å²) in [6.07, 6.45) is -4.65. The molecule has 0 bridgehead atoms. The molecule has 0 atom stereocenters. The lowest BCUT2D eigenvalue weighted by Crippen LogP contribution is -2.31. The van der Waals surface area contributed by atoms with E-state index in [2.05, 4.69) is 10.0 Å². The molecule has 0 unspecified atom stereocenters. The summed E-state index contributed by atoms with van der Waals surface area (Å²) in [5.74, 6) is -4.30. The molecule has 0 heterocycles. The first-order valence-corrected chi connectivity index (χ1v) is 9.24. The maximum atomic E-state index is 13.4. The lowest BCUT2D eigenvalue weighted by atomic mass is 10.1. The van der Waals surface area contributed by atoms with Crippen molar-refractivity contribution in [2.75, 3.05) is 11.9 Å². The van der Waals surface area contributed by atoms with E-state index in [1.807, 2.05) is 0 Å². The monoisotopic (exact) mass is 402 g/mol. The molecule has 0 saturated carbocycles. The second kappa shape index (κ2) is 8.76. The molecule has 1 rings (SSSR count). The molecular formula is C15H19F5N2O3S. The van der Waals surface area contributed by atoms with E-state index in [1.165, 1.54) is 13.8 Å².